The molecule has 0 saturated heterocycles. The highest BCUT2D eigenvalue weighted by Crippen LogP contribution is 2.20. The minimum atomic E-state index is -0.161. The van der Waals surface area contributed by atoms with E-state index in [2.05, 4.69) is 44.0 Å². The van der Waals surface area contributed by atoms with Crippen LogP contribution in [0.1, 0.15) is 25.0 Å². The molecule has 0 aromatic heterocycles. The van der Waals surface area contributed by atoms with Crippen molar-refractivity contribution in [2.45, 2.75) is 34.0 Å². The van der Waals surface area contributed by atoms with Crippen LogP contribution in [0.2, 0.25) is 0 Å². The number of benzene rings is 1. The molecule has 0 heterocycles. The lowest BCUT2D eigenvalue weighted by molar-refractivity contribution is -0.129. The van der Waals surface area contributed by atoms with E-state index in [0.717, 1.165) is 6.54 Å². The Labute approximate surface area is 111 Å². The summed E-state index contributed by atoms with van der Waals surface area (Å²) in [5, 5.41) is 0. The summed E-state index contributed by atoms with van der Waals surface area (Å²) < 4.78 is 11.1. The van der Waals surface area contributed by atoms with Crippen LogP contribution in [-0.4, -0.2) is 33.1 Å². The second kappa shape index (κ2) is 7.39. The van der Waals surface area contributed by atoms with Gasteiger partial charge in [-0.2, -0.15) is 0 Å². The van der Waals surface area contributed by atoms with Crippen molar-refractivity contribution in [3.8, 4) is 0 Å². The highest BCUT2D eigenvalue weighted by molar-refractivity contribution is 5.53. The second-order valence-corrected chi connectivity index (χ2v) is 4.51. The van der Waals surface area contributed by atoms with Crippen LogP contribution in [-0.2, 0) is 9.47 Å². The van der Waals surface area contributed by atoms with Gasteiger partial charge in [-0.05, 0) is 39.3 Å². The van der Waals surface area contributed by atoms with Gasteiger partial charge in [-0.25, -0.2) is 0 Å². The van der Waals surface area contributed by atoms with E-state index in [9.17, 15) is 0 Å². The number of hydrogen-bond donors (Lipinski definition) is 0. The number of anilines is 1. The maximum atomic E-state index is 5.57. The predicted octanol–water partition coefficient (Wildman–Crippen LogP) is 3.14. The van der Waals surface area contributed by atoms with Gasteiger partial charge >= 0.3 is 0 Å². The van der Waals surface area contributed by atoms with Crippen LogP contribution in [0.4, 0.5) is 5.69 Å². The zero-order chi connectivity index (χ0) is 13.5. The summed E-state index contributed by atoms with van der Waals surface area (Å²) >= 11 is 0. The normalized spacial score (nSPS) is 11.0. The lowest BCUT2D eigenvalue weighted by Crippen LogP contribution is -2.33. The summed E-state index contributed by atoms with van der Waals surface area (Å²) in [6.45, 7) is 10.3. The van der Waals surface area contributed by atoms with Crippen molar-refractivity contribution >= 4 is 5.69 Å². The Balaban J connectivity index is 2.70. The van der Waals surface area contributed by atoms with Gasteiger partial charge in [-0.15, -0.1) is 0 Å². The smallest absolute Gasteiger partial charge is 0.174 e. The van der Waals surface area contributed by atoms with Gasteiger partial charge in [0.25, 0.3) is 0 Å². The van der Waals surface area contributed by atoms with Gasteiger partial charge in [0, 0.05) is 25.9 Å². The Morgan fingerprint density at radius 3 is 2.22 bits per heavy atom. The van der Waals surface area contributed by atoms with E-state index in [4.69, 9.17) is 9.47 Å². The number of likely N-dealkylation sites (N-methyl/N-ethyl adjacent to an activating group) is 1. The average Bonchev–Trinajstić information content (AvgIpc) is 2.29. The Bertz CT molecular complexity index is 360. The standard InChI is InChI=1S/C15H25NO2/c1-6-17-15(18-7-2)11-16(5)14-9-8-12(3)10-13(14)4/h8-10,15H,6-7,11H2,1-5H3. The van der Waals surface area contributed by atoms with E-state index < -0.39 is 0 Å². The fourth-order valence-corrected chi connectivity index (χ4v) is 2.08. The molecule has 102 valence electrons. The second-order valence-electron chi connectivity index (χ2n) is 4.51. The monoisotopic (exact) mass is 251 g/mol. The Morgan fingerprint density at radius 1 is 1.11 bits per heavy atom. The Hall–Kier alpha value is -1.06. The van der Waals surface area contributed by atoms with E-state index in [-0.39, 0.29) is 6.29 Å². The summed E-state index contributed by atoms with van der Waals surface area (Å²) in [4.78, 5) is 2.19. The molecule has 0 atom stereocenters. The van der Waals surface area contributed by atoms with Gasteiger partial charge in [0.15, 0.2) is 6.29 Å². The molecule has 3 nitrogen and oxygen atoms in total. The van der Waals surface area contributed by atoms with Gasteiger partial charge < -0.3 is 14.4 Å². The lowest BCUT2D eigenvalue weighted by atomic mass is 10.1. The molecule has 0 saturated carbocycles. The molecule has 0 radical (unpaired) electrons. The van der Waals surface area contributed by atoms with Crippen molar-refractivity contribution in [3.05, 3.63) is 29.3 Å². The zero-order valence-electron chi connectivity index (χ0n) is 12.2. The van der Waals surface area contributed by atoms with Gasteiger partial charge in [-0.3, -0.25) is 0 Å². The van der Waals surface area contributed by atoms with Crippen LogP contribution in [0.5, 0.6) is 0 Å². The van der Waals surface area contributed by atoms with E-state index >= 15 is 0 Å². The Morgan fingerprint density at radius 2 is 1.72 bits per heavy atom. The maximum Gasteiger partial charge on any atom is 0.174 e. The van der Waals surface area contributed by atoms with Crippen molar-refractivity contribution in [1.82, 2.24) is 0 Å². The molecule has 0 aliphatic rings. The van der Waals surface area contributed by atoms with E-state index in [1.165, 1.54) is 16.8 Å². The third-order valence-electron chi connectivity index (χ3n) is 2.89. The van der Waals surface area contributed by atoms with Crippen LogP contribution in [0.15, 0.2) is 18.2 Å². The van der Waals surface area contributed by atoms with Crippen LogP contribution < -0.4 is 4.90 Å². The molecular formula is C15H25NO2. The first kappa shape index (κ1) is 15.0. The molecule has 3 heteroatoms. The molecule has 1 aromatic carbocycles. The highest BCUT2D eigenvalue weighted by atomic mass is 16.7. The van der Waals surface area contributed by atoms with Gasteiger partial charge in [0.2, 0.25) is 0 Å². The topological polar surface area (TPSA) is 21.7 Å². The Kier molecular flexibility index (Phi) is 6.16. The molecule has 0 bridgehead atoms. The summed E-state index contributed by atoms with van der Waals surface area (Å²) in [6, 6.07) is 6.48. The van der Waals surface area contributed by atoms with Gasteiger partial charge in [0.1, 0.15) is 0 Å². The molecule has 0 aliphatic heterocycles. The van der Waals surface area contributed by atoms with Crippen molar-refractivity contribution < 1.29 is 9.47 Å². The number of ether oxygens (including phenoxy) is 2. The summed E-state index contributed by atoms with van der Waals surface area (Å²) in [5.41, 5.74) is 3.80. The first-order valence-corrected chi connectivity index (χ1v) is 6.60. The molecule has 1 rings (SSSR count). The summed E-state index contributed by atoms with van der Waals surface area (Å²) in [6.07, 6.45) is -0.161. The summed E-state index contributed by atoms with van der Waals surface area (Å²) in [5.74, 6) is 0. The van der Waals surface area contributed by atoms with E-state index in [1.54, 1.807) is 0 Å². The molecule has 18 heavy (non-hydrogen) atoms. The largest absolute Gasteiger partial charge is 0.369 e. The first-order valence-electron chi connectivity index (χ1n) is 6.60. The minimum Gasteiger partial charge on any atom is -0.369 e. The lowest BCUT2D eigenvalue weighted by Gasteiger charge is -2.26. The zero-order valence-corrected chi connectivity index (χ0v) is 12.2. The predicted molar refractivity (Wildman–Crippen MR) is 76.2 cm³/mol. The number of aryl methyl sites for hydroxylation is 2. The SMILES string of the molecule is CCOC(CN(C)c1ccc(C)cc1C)OCC. The quantitative estimate of drug-likeness (QED) is 0.695. The first-order chi connectivity index (χ1) is 8.58. The van der Waals surface area contributed by atoms with Gasteiger partial charge in [0.05, 0.1) is 6.54 Å². The average molecular weight is 251 g/mol. The van der Waals surface area contributed by atoms with Crippen molar-refractivity contribution in [2.75, 3.05) is 31.7 Å². The number of hydrogen-bond acceptors (Lipinski definition) is 3. The number of rotatable bonds is 7. The minimum absolute atomic E-state index is 0.161. The molecule has 0 N–H and O–H groups in total. The van der Waals surface area contributed by atoms with Crippen LogP contribution in [0, 0.1) is 13.8 Å². The molecular weight excluding hydrogens is 226 g/mol. The summed E-state index contributed by atoms with van der Waals surface area (Å²) in [7, 11) is 2.07. The fraction of sp³-hybridized carbons (Fsp3) is 0.600. The third-order valence-corrected chi connectivity index (χ3v) is 2.89. The molecule has 0 aliphatic carbocycles. The van der Waals surface area contributed by atoms with Gasteiger partial charge in [-0.1, -0.05) is 17.7 Å². The van der Waals surface area contributed by atoms with E-state index in [0.29, 0.717) is 13.2 Å². The molecule has 0 amide bonds. The van der Waals surface area contributed by atoms with Crippen molar-refractivity contribution in [2.24, 2.45) is 0 Å². The third kappa shape index (κ3) is 4.31. The van der Waals surface area contributed by atoms with Crippen LogP contribution >= 0.6 is 0 Å². The fourth-order valence-electron chi connectivity index (χ4n) is 2.08. The molecule has 0 unspecified atom stereocenters. The number of nitrogens with zero attached hydrogens (tertiary/aromatic N) is 1. The van der Waals surface area contributed by atoms with Crippen molar-refractivity contribution in [3.63, 3.8) is 0 Å². The maximum absolute atomic E-state index is 5.57. The van der Waals surface area contributed by atoms with Crippen LogP contribution in [0.25, 0.3) is 0 Å². The molecule has 0 fully saturated rings. The van der Waals surface area contributed by atoms with Crippen LogP contribution in [0.3, 0.4) is 0 Å². The molecule has 1 aromatic rings. The van der Waals surface area contributed by atoms with E-state index in [1.807, 2.05) is 13.8 Å². The highest BCUT2D eigenvalue weighted by Gasteiger charge is 2.13. The van der Waals surface area contributed by atoms with Crippen molar-refractivity contribution in [1.29, 1.82) is 0 Å². The molecule has 0 spiro atoms.